The van der Waals surface area contributed by atoms with Crippen LogP contribution in [-0.2, 0) is 4.43 Å². The van der Waals surface area contributed by atoms with Crippen molar-refractivity contribution >= 4 is 8.32 Å². The van der Waals surface area contributed by atoms with Crippen LogP contribution in [0.4, 0.5) is 0 Å². The molecule has 2 atom stereocenters. The minimum Gasteiger partial charge on any atom is -0.414 e. The van der Waals surface area contributed by atoms with Gasteiger partial charge in [-0.25, -0.2) is 0 Å². The van der Waals surface area contributed by atoms with E-state index in [1.807, 2.05) is 0 Å². The maximum atomic E-state index is 5.97. The highest BCUT2D eigenvalue weighted by Crippen LogP contribution is 2.28. The summed E-state index contributed by atoms with van der Waals surface area (Å²) in [7, 11) is -1.32. The third-order valence-electron chi connectivity index (χ3n) is 2.48. The Labute approximate surface area is 70.2 Å². The molecule has 1 heterocycles. The first-order valence-electron chi connectivity index (χ1n) is 4.54. The van der Waals surface area contributed by atoms with E-state index in [2.05, 4.69) is 13.5 Å². The summed E-state index contributed by atoms with van der Waals surface area (Å²) in [6.07, 6.45) is 3.09. The predicted molar refractivity (Wildman–Crippen MR) is 50.1 cm³/mol. The molecule has 0 saturated carbocycles. The van der Waals surface area contributed by atoms with E-state index in [1.165, 1.54) is 18.9 Å². The summed E-state index contributed by atoms with van der Waals surface area (Å²) in [5.74, 6) is 0. The topological polar surface area (TPSA) is 35.2 Å². The maximum absolute atomic E-state index is 5.97. The van der Waals surface area contributed by atoms with E-state index in [4.69, 9.17) is 10.2 Å². The lowest BCUT2D eigenvalue weighted by Crippen LogP contribution is -2.42. The lowest BCUT2D eigenvalue weighted by Gasteiger charge is -2.35. The molecule has 0 amide bonds. The Kier molecular flexibility index (Phi) is 3.10. The standard InChI is InChI=1S/C8H19NOSi/c1-8-4-3-6-11(2,10-8)7-5-9/h8H,3-7,9H2,1-2H3. The van der Waals surface area contributed by atoms with Crippen molar-refractivity contribution < 1.29 is 4.43 Å². The van der Waals surface area contributed by atoms with Gasteiger partial charge in [-0.2, -0.15) is 0 Å². The smallest absolute Gasteiger partial charge is 0.191 e. The first-order chi connectivity index (χ1) is 5.16. The van der Waals surface area contributed by atoms with Gasteiger partial charge in [0.15, 0.2) is 8.32 Å². The van der Waals surface area contributed by atoms with E-state index >= 15 is 0 Å². The minimum atomic E-state index is -1.32. The van der Waals surface area contributed by atoms with Crippen LogP contribution < -0.4 is 5.73 Å². The van der Waals surface area contributed by atoms with Crippen molar-refractivity contribution in [2.45, 2.75) is 44.5 Å². The molecular formula is C8H19NOSi. The van der Waals surface area contributed by atoms with Gasteiger partial charge in [0, 0.05) is 6.10 Å². The summed E-state index contributed by atoms with van der Waals surface area (Å²) in [4.78, 5) is 0. The van der Waals surface area contributed by atoms with E-state index in [0.29, 0.717) is 6.10 Å². The number of nitrogens with two attached hydrogens (primary N) is 1. The summed E-state index contributed by atoms with van der Waals surface area (Å²) in [6.45, 7) is 5.30. The second-order valence-electron chi connectivity index (χ2n) is 3.81. The molecule has 0 aliphatic carbocycles. The molecule has 2 N–H and O–H groups in total. The Balaban J connectivity index is 2.41. The summed E-state index contributed by atoms with van der Waals surface area (Å²) in [5, 5.41) is 0. The van der Waals surface area contributed by atoms with Gasteiger partial charge in [0.1, 0.15) is 0 Å². The van der Waals surface area contributed by atoms with E-state index < -0.39 is 8.32 Å². The molecule has 0 spiro atoms. The van der Waals surface area contributed by atoms with Crippen LogP contribution in [0.25, 0.3) is 0 Å². The zero-order chi connectivity index (χ0) is 8.32. The molecule has 1 fully saturated rings. The molecule has 0 radical (unpaired) electrons. The molecule has 1 aliphatic rings. The number of hydrogen-bond donors (Lipinski definition) is 1. The molecule has 0 aromatic rings. The van der Waals surface area contributed by atoms with E-state index in [-0.39, 0.29) is 0 Å². The van der Waals surface area contributed by atoms with Crippen LogP contribution in [0.2, 0.25) is 18.6 Å². The molecule has 0 aromatic carbocycles. The van der Waals surface area contributed by atoms with Crippen molar-refractivity contribution in [3.63, 3.8) is 0 Å². The van der Waals surface area contributed by atoms with E-state index in [9.17, 15) is 0 Å². The average molecular weight is 173 g/mol. The molecule has 0 bridgehead atoms. The minimum absolute atomic E-state index is 0.493. The highest BCUT2D eigenvalue weighted by atomic mass is 28.4. The Hall–Kier alpha value is 0.137. The second kappa shape index (κ2) is 3.69. The summed E-state index contributed by atoms with van der Waals surface area (Å²) >= 11 is 0. The fraction of sp³-hybridized carbons (Fsp3) is 1.00. The fourth-order valence-corrected chi connectivity index (χ4v) is 4.99. The van der Waals surface area contributed by atoms with Gasteiger partial charge in [-0.15, -0.1) is 0 Å². The second-order valence-corrected chi connectivity index (χ2v) is 7.94. The Morgan fingerprint density at radius 3 is 2.91 bits per heavy atom. The largest absolute Gasteiger partial charge is 0.414 e. The monoisotopic (exact) mass is 173 g/mol. The van der Waals surface area contributed by atoms with Gasteiger partial charge in [0.25, 0.3) is 0 Å². The average Bonchev–Trinajstić information content (AvgIpc) is 1.86. The first-order valence-corrected chi connectivity index (χ1v) is 7.36. The number of hydrogen-bond acceptors (Lipinski definition) is 2. The van der Waals surface area contributed by atoms with Crippen LogP contribution in [0.3, 0.4) is 0 Å². The third kappa shape index (κ3) is 2.58. The highest BCUT2D eigenvalue weighted by molar-refractivity contribution is 6.72. The predicted octanol–water partition coefficient (Wildman–Crippen LogP) is 1.72. The Morgan fingerprint density at radius 2 is 2.36 bits per heavy atom. The van der Waals surface area contributed by atoms with Gasteiger partial charge < -0.3 is 10.2 Å². The van der Waals surface area contributed by atoms with Gasteiger partial charge in [-0.05, 0) is 38.5 Å². The van der Waals surface area contributed by atoms with Crippen molar-refractivity contribution in [2.75, 3.05) is 6.54 Å². The quantitative estimate of drug-likeness (QED) is 0.645. The van der Waals surface area contributed by atoms with Crippen molar-refractivity contribution in [1.29, 1.82) is 0 Å². The van der Waals surface area contributed by atoms with Crippen LogP contribution in [-0.4, -0.2) is 21.0 Å². The summed E-state index contributed by atoms with van der Waals surface area (Å²) < 4.78 is 5.97. The highest BCUT2D eigenvalue weighted by Gasteiger charge is 2.33. The Bertz CT molecular complexity index is 127. The molecule has 1 aliphatic heterocycles. The molecule has 1 saturated heterocycles. The van der Waals surface area contributed by atoms with Crippen molar-refractivity contribution in [2.24, 2.45) is 5.73 Å². The molecule has 1 rings (SSSR count). The molecule has 2 nitrogen and oxygen atoms in total. The van der Waals surface area contributed by atoms with Gasteiger partial charge in [0.2, 0.25) is 0 Å². The molecule has 66 valence electrons. The fourth-order valence-electron chi connectivity index (χ4n) is 1.86. The van der Waals surface area contributed by atoms with Gasteiger partial charge in [-0.3, -0.25) is 0 Å². The normalized spacial score (nSPS) is 39.0. The van der Waals surface area contributed by atoms with Crippen molar-refractivity contribution in [3.05, 3.63) is 0 Å². The molecule has 2 unspecified atom stereocenters. The SMILES string of the molecule is CC1CCC[Si](C)(CCN)O1. The van der Waals surface area contributed by atoms with Crippen LogP contribution in [0.15, 0.2) is 0 Å². The lowest BCUT2D eigenvalue weighted by molar-refractivity contribution is 0.176. The van der Waals surface area contributed by atoms with Gasteiger partial charge in [-0.1, -0.05) is 6.42 Å². The van der Waals surface area contributed by atoms with Crippen molar-refractivity contribution in [1.82, 2.24) is 0 Å². The molecule has 3 heteroatoms. The van der Waals surface area contributed by atoms with Crippen molar-refractivity contribution in [3.8, 4) is 0 Å². The van der Waals surface area contributed by atoms with Gasteiger partial charge in [0.05, 0.1) is 0 Å². The molecule has 0 aromatic heterocycles. The summed E-state index contributed by atoms with van der Waals surface area (Å²) in [6, 6.07) is 2.45. The molecular weight excluding hydrogens is 154 g/mol. The zero-order valence-electron chi connectivity index (χ0n) is 7.60. The number of rotatable bonds is 2. The van der Waals surface area contributed by atoms with Gasteiger partial charge >= 0.3 is 0 Å². The first kappa shape index (κ1) is 9.23. The van der Waals surface area contributed by atoms with Crippen LogP contribution in [0.1, 0.15) is 19.8 Å². The van der Waals surface area contributed by atoms with Crippen LogP contribution >= 0.6 is 0 Å². The zero-order valence-corrected chi connectivity index (χ0v) is 8.60. The lowest BCUT2D eigenvalue weighted by atomic mass is 10.2. The van der Waals surface area contributed by atoms with E-state index in [0.717, 1.165) is 12.6 Å². The summed E-state index contributed by atoms with van der Waals surface area (Å²) in [5.41, 5.74) is 5.54. The van der Waals surface area contributed by atoms with Crippen LogP contribution in [0.5, 0.6) is 0 Å². The molecule has 11 heavy (non-hydrogen) atoms. The third-order valence-corrected chi connectivity index (χ3v) is 6.20. The maximum Gasteiger partial charge on any atom is 0.191 e. The van der Waals surface area contributed by atoms with E-state index in [1.54, 1.807) is 0 Å². The van der Waals surface area contributed by atoms with Crippen LogP contribution in [0, 0.1) is 0 Å². The Morgan fingerprint density at radius 1 is 1.64 bits per heavy atom.